The predicted octanol–water partition coefficient (Wildman–Crippen LogP) is 0.775. The highest BCUT2D eigenvalue weighted by Gasteiger charge is 2.19. The standard InChI is InChI=1S/C14H25N5O/c1-17(2)13-5-4-7-19(8-6-13)11-14(20)16-12-9-15-18(3)10-12/h9-10,13H,4-8,11H2,1-3H3,(H,16,20)/t13-/m1/s1. The first-order valence-electron chi connectivity index (χ1n) is 7.22. The van der Waals surface area contributed by atoms with Crippen LogP contribution >= 0.6 is 0 Å². The van der Waals surface area contributed by atoms with Crippen LogP contribution in [0, 0.1) is 0 Å². The Labute approximate surface area is 120 Å². The number of carbonyl (C=O) groups excluding carboxylic acids is 1. The van der Waals surface area contributed by atoms with Crippen molar-refractivity contribution in [3.63, 3.8) is 0 Å². The second-order valence-electron chi connectivity index (χ2n) is 5.78. The van der Waals surface area contributed by atoms with Crippen molar-refractivity contribution in [1.29, 1.82) is 0 Å². The third-order valence-corrected chi connectivity index (χ3v) is 3.88. The lowest BCUT2D eigenvalue weighted by molar-refractivity contribution is -0.117. The van der Waals surface area contributed by atoms with Gasteiger partial charge in [-0.05, 0) is 39.9 Å². The van der Waals surface area contributed by atoms with Crippen LogP contribution in [0.5, 0.6) is 0 Å². The zero-order valence-corrected chi connectivity index (χ0v) is 12.7. The van der Waals surface area contributed by atoms with Crippen LogP contribution in [-0.2, 0) is 11.8 Å². The smallest absolute Gasteiger partial charge is 0.238 e. The Hall–Kier alpha value is -1.40. The minimum atomic E-state index is 0.0429. The molecule has 1 N–H and O–H groups in total. The van der Waals surface area contributed by atoms with Crippen molar-refractivity contribution in [2.75, 3.05) is 39.0 Å². The molecule has 112 valence electrons. The largest absolute Gasteiger partial charge is 0.322 e. The second-order valence-corrected chi connectivity index (χ2v) is 5.78. The van der Waals surface area contributed by atoms with Gasteiger partial charge in [0.15, 0.2) is 0 Å². The summed E-state index contributed by atoms with van der Waals surface area (Å²) in [5, 5.41) is 6.93. The molecule has 0 aromatic carbocycles. The highest BCUT2D eigenvalue weighted by atomic mass is 16.2. The van der Waals surface area contributed by atoms with E-state index in [2.05, 4.69) is 34.3 Å². The number of rotatable bonds is 4. The van der Waals surface area contributed by atoms with Crippen LogP contribution in [0.4, 0.5) is 5.69 Å². The van der Waals surface area contributed by atoms with Crippen molar-refractivity contribution in [1.82, 2.24) is 19.6 Å². The Morgan fingerprint density at radius 3 is 2.90 bits per heavy atom. The first-order chi connectivity index (χ1) is 9.54. The maximum atomic E-state index is 12.0. The number of aryl methyl sites for hydroxylation is 1. The molecule has 0 spiro atoms. The van der Waals surface area contributed by atoms with Crippen LogP contribution in [-0.4, -0.2) is 65.3 Å². The second kappa shape index (κ2) is 6.85. The minimum Gasteiger partial charge on any atom is -0.322 e. The fourth-order valence-corrected chi connectivity index (χ4v) is 2.70. The summed E-state index contributed by atoms with van der Waals surface area (Å²) >= 11 is 0. The van der Waals surface area contributed by atoms with Gasteiger partial charge in [0.25, 0.3) is 0 Å². The van der Waals surface area contributed by atoms with Crippen molar-refractivity contribution in [3.8, 4) is 0 Å². The number of hydrogen-bond acceptors (Lipinski definition) is 4. The molecule has 2 heterocycles. The molecule has 1 aromatic rings. The number of nitrogens with one attached hydrogen (secondary N) is 1. The Kier molecular flexibility index (Phi) is 5.14. The number of anilines is 1. The minimum absolute atomic E-state index is 0.0429. The van der Waals surface area contributed by atoms with E-state index in [-0.39, 0.29) is 5.91 Å². The number of nitrogens with zero attached hydrogens (tertiary/aromatic N) is 4. The molecule has 1 aromatic heterocycles. The topological polar surface area (TPSA) is 53.4 Å². The van der Waals surface area contributed by atoms with Gasteiger partial charge in [-0.2, -0.15) is 5.10 Å². The van der Waals surface area contributed by atoms with Crippen molar-refractivity contribution in [2.45, 2.75) is 25.3 Å². The molecule has 1 amide bonds. The molecule has 0 aliphatic carbocycles. The Balaban J connectivity index is 1.79. The SMILES string of the molecule is CN(C)[C@@H]1CCCN(CC(=O)Nc2cnn(C)c2)CC1. The summed E-state index contributed by atoms with van der Waals surface area (Å²) in [6, 6.07) is 0.640. The van der Waals surface area contributed by atoms with Gasteiger partial charge in [0.1, 0.15) is 0 Å². The fraction of sp³-hybridized carbons (Fsp3) is 0.714. The molecule has 20 heavy (non-hydrogen) atoms. The Bertz CT molecular complexity index is 443. The van der Waals surface area contributed by atoms with Crippen LogP contribution < -0.4 is 5.32 Å². The van der Waals surface area contributed by atoms with Crippen LogP contribution in [0.2, 0.25) is 0 Å². The molecule has 2 rings (SSSR count). The molecular weight excluding hydrogens is 254 g/mol. The van der Waals surface area contributed by atoms with Crippen molar-refractivity contribution in [2.24, 2.45) is 7.05 Å². The van der Waals surface area contributed by atoms with Crippen LogP contribution in [0.1, 0.15) is 19.3 Å². The van der Waals surface area contributed by atoms with E-state index >= 15 is 0 Å². The third-order valence-electron chi connectivity index (χ3n) is 3.88. The summed E-state index contributed by atoms with van der Waals surface area (Å²) < 4.78 is 1.68. The molecule has 1 aliphatic heterocycles. The lowest BCUT2D eigenvalue weighted by Crippen LogP contribution is -2.35. The quantitative estimate of drug-likeness (QED) is 0.885. The van der Waals surface area contributed by atoms with Gasteiger partial charge < -0.3 is 10.2 Å². The highest BCUT2D eigenvalue weighted by Crippen LogP contribution is 2.14. The average Bonchev–Trinajstić information content (AvgIpc) is 2.63. The van der Waals surface area contributed by atoms with Gasteiger partial charge in [-0.15, -0.1) is 0 Å². The van der Waals surface area contributed by atoms with Crippen molar-refractivity contribution in [3.05, 3.63) is 12.4 Å². The maximum absolute atomic E-state index is 12.0. The summed E-state index contributed by atoms with van der Waals surface area (Å²) in [5.41, 5.74) is 0.762. The van der Waals surface area contributed by atoms with E-state index in [9.17, 15) is 4.79 Å². The normalized spacial score (nSPS) is 20.9. The summed E-state index contributed by atoms with van der Waals surface area (Å²) in [6.07, 6.45) is 6.98. The fourth-order valence-electron chi connectivity index (χ4n) is 2.70. The number of likely N-dealkylation sites (tertiary alicyclic amines) is 1. The number of hydrogen-bond donors (Lipinski definition) is 1. The van der Waals surface area contributed by atoms with E-state index in [1.165, 1.54) is 6.42 Å². The van der Waals surface area contributed by atoms with Gasteiger partial charge in [0, 0.05) is 25.8 Å². The van der Waals surface area contributed by atoms with E-state index in [1.807, 2.05) is 13.2 Å². The van der Waals surface area contributed by atoms with Gasteiger partial charge in [0.2, 0.25) is 5.91 Å². The lowest BCUT2D eigenvalue weighted by Gasteiger charge is -2.23. The van der Waals surface area contributed by atoms with Crippen LogP contribution in [0.3, 0.4) is 0 Å². The molecule has 6 heteroatoms. The molecule has 1 saturated heterocycles. The van der Waals surface area contributed by atoms with E-state index in [0.717, 1.165) is 31.6 Å². The van der Waals surface area contributed by atoms with Gasteiger partial charge in [-0.25, -0.2) is 0 Å². The number of aromatic nitrogens is 2. The molecule has 1 fully saturated rings. The summed E-state index contributed by atoms with van der Waals surface area (Å²) in [7, 11) is 6.11. The summed E-state index contributed by atoms with van der Waals surface area (Å²) in [4.78, 5) is 16.6. The van der Waals surface area contributed by atoms with Gasteiger partial charge in [0.05, 0.1) is 18.4 Å². The molecule has 1 aliphatic rings. The van der Waals surface area contributed by atoms with Crippen molar-refractivity contribution < 1.29 is 4.79 Å². The zero-order valence-electron chi connectivity index (χ0n) is 12.7. The van der Waals surface area contributed by atoms with E-state index in [4.69, 9.17) is 0 Å². The van der Waals surface area contributed by atoms with E-state index < -0.39 is 0 Å². The highest BCUT2D eigenvalue weighted by molar-refractivity contribution is 5.91. The molecule has 0 unspecified atom stereocenters. The first-order valence-corrected chi connectivity index (χ1v) is 7.22. The molecule has 0 radical (unpaired) electrons. The van der Waals surface area contributed by atoms with E-state index in [1.54, 1.807) is 10.9 Å². The number of carbonyl (C=O) groups is 1. The maximum Gasteiger partial charge on any atom is 0.238 e. The van der Waals surface area contributed by atoms with Crippen LogP contribution in [0.25, 0.3) is 0 Å². The monoisotopic (exact) mass is 279 g/mol. The Morgan fingerprint density at radius 1 is 1.45 bits per heavy atom. The summed E-state index contributed by atoms with van der Waals surface area (Å²) in [6.45, 7) is 2.46. The lowest BCUT2D eigenvalue weighted by atomic mass is 10.1. The zero-order chi connectivity index (χ0) is 14.5. The molecule has 6 nitrogen and oxygen atoms in total. The van der Waals surface area contributed by atoms with Crippen molar-refractivity contribution >= 4 is 11.6 Å². The molecule has 0 saturated carbocycles. The molecule has 0 bridgehead atoms. The Morgan fingerprint density at radius 2 is 2.25 bits per heavy atom. The summed E-state index contributed by atoms with van der Waals surface area (Å²) in [5.74, 6) is 0.0429. The van der Waals surface area contributed by atoms with Gasteiger partial charge in [-0.1, -0.05) is 0 Å². The third kappa shape index (κ3) is 4.31. The average molecular weight is 279 g/mol. The van der Waals surface area contributed by atoms with Gasteiger partial charge >= 0.3 is 0 Å². The first kappa shape index (κ1) is 15.0. The van der Waals surface area contributed by atoms with Crippen LogP contribution in [0.15, 0.2) is 12.4 Å². The predicted molar refractivity (Wildman–Crippen MR) is 79.6 cm³/mol. The molecular formula is C14H25N5O. The van der Waals surface area contributed by atoms with Gasteiger partial charge in [-0.3, -0.25) is 14.4 Å². The van der Waals surface area contributed by atoms with E-state index in [0.29, 0.717) is 12.6 Å². The number of amides is 1. The molecule has 1 atom stereocenters.